The van der Waals surface area contributed by atoms with Crippen molar-refractivity contribution in [3.63, 3.8) is 0 Å². The molecule has 0 radical (unpaired) electrons. The number of hydrogen-bond acceptors (Lipinski definition) is 2. The minimum Gasteiger partial charge on any atom is -0.310 e. The van der Waals surface area contributed by atoms with E-state index in [1.807, 2.05) is 11.3 Å². The Hall–Kier alpha value is -5.96. The normalized spacial score (nSPS) is 11.8. The molecule has 0 aliphatic heterocycles. The van der Waals surface area contributed by atoms with E-state index in [1.165, 1.54) is 74.4 Å². The number of nitrogens with zero attached hydrogens (tertiary/aromatic N) is 1. The van der Waals surface area contributed by atoms with Crippen LogP contribution in [-0.4, -0.2) is 0 Å². The number of thiophene rings is 1. The van der Waals surface area contributed by atoms with Crippen LogP contribution in [0.25, 0.3) is 74.4 Å². The highest BCUT2D eigenvalue weighted by Crippen LogP contribution is 2.44. The smallest absolute Gasteiger partial charge is 0.0468 e. The van der Waals surface area contributed by atoms with Gasteiger partial charge in [-0.05, 0) is 91.3 Å². The topological polar surface area (TPSA) is 3.24 Å². The summed E-state index contributed by atoms with van der Waals surface area (Å²) in [6.07, 6.45) is 0. The molecule has 48 heavy (non-hydrogen) atoms. The van der Waals surface area contributed by atoms with Crippen LogP contribution in [-0.2, 0) is 0 Å². The lowest BCUT2D eigenvalue weighted by Crippen LogP contribution is -2.10. The molecule has 224 valence electrons. The number of rotatable bonds is 4. The summed E-state index contributed by atoms with van der Waals surface area (Å²) in [4.78, 5) is 2.39. The van der Waals surface area contributed by atoms with Crippen molar-refractivity contribution in [3.05, 3.63) is 176 Å². The van der Waals surface area contributed by atoms with Gasteiger partial charge in [-0.25, -0.2) is 0 Å². The van der Waals surface area contributed by atoms with Gasteiger partial charge in [-0.1, -0.05) is 133 Å². The summed E-state index contributed by atoms with van der Waals surface area (Å²) in [5, 5.41) is 12.9. The van der Waals surface area contributed by atoms with E-state index in [-0.39, 0.29) is 0 Å². The van der Waals surface area contributed by atoms with E-state index in [0.717, 1.165) is 17.1 Å². The van der Waals surface area contributed by atoms with Gasteiger partial charge in [0.1, 0.15) is 0 Å². The third-order valence-electron chi connectivity index (χ3n) is 9.79. The minimum absolute atomic E-state index is 1.13. The fraction of sp³-hybridized carbons (Fsp3) is 0. The molecule has 2 heteroatoms. The maximum atomic E-state index is 2.39. The number of hydrogen-bond donors (Lipinski definition) is 0. The van der Waals surface area contributed by atoms with Crippen LogP contribution in [0.15, 0.2) is 176 Å². The Bertz CT molecular complexity index is 2830. The van der Waals surface area contributed by atoms with E-state index in [0.29, 0.717) is 0 Å². The molecule has 0 bridgehead atoms. The molecular weight excluding hydrogens is 599 g/mol. The minimum atomic E-state index is 1.13. The van der Waals surface area contributed by atoms with Crippen molar-refractivity contribution in [1.29, 1.82) is 0 Å². The van der Waals surface area contributed by atoms with Crippen LogP contribution in [0.5, 0.6) is 0 Å². The highest BCUT2D eigenvalue weighted by atomic mass is 32.1. The Labute approximate surface area is 282 Å². The summed E-state index contributed by atoms with van der Waals surface area (Å²) in [7, 11) is 0. The van der Waals surface area contributed by atoms with E-state index >= 15 is 0 Å². The summed E-state index contributed by atoms with van der Waals surface area (Å²) >= 11 is 1.91. The summed E-state index contributed by atoms with van der Waals surface area (Å²) in [6.45, 7) is 0. The second-order valence-corrected chi connectivity index (χ2v) is 13.6. The lowest BCUT2D eigenvalue weighted by atomic mass is 9.95. The van der Waals surface area contributed by atoms with Crippen LogP contribution >= 0.6 is 11.3 Å². The van der Waals surface area contributed by atoms with Gasteiger partial charge in [-0.3, -0.25) is 0 Å². The fourth-order valence-electron chi connectivity index (χ4n) is 7.47. The zero-order valence-electron chi connectivity index (χ0n) is 26.1. The first-order valence-electron chi connectivity index (χ1n) is 16.4. The highest BCUT2D eigenvalue weighted by Gasteiger charge is 2.17. The third kappa shape index (κ3) is 4.31. The predicted molar refractivity (Wildman–Crippen MR) is 209 cm³/mol. The molecule has 0 amide bonds. The molecule has 1 nitrogen and oxygen atoms in total. The van der Waals surface area contributed by atoms with Crippen molar-refractivity contribution in [1.82, 2.24) is 0 Å². The van der Waals surface area contributed by atoms with Crippen molar-refractivity contribution in [2.75, 3.05) is 4.90 Å². The largest absolute Gasteiger partial charge is 0.310 e. The molecule has 9 aromatic carbocycles. The first-order chi connectivity index (χ1) is 23.8. The summed E-state index contributed by atoms with van der Waals surface area (Å²) in [5.74, 6) is 0. The first kappa shape index (κ1) is 27.2. The molecule has 1 heterocycles. The van der Waals surface area contributed by atoms with E-state index in [2.05, 4.69) is 181 Å². The van der Waals surface area contributed by atoms with Gasteiger partial charge >= 0.3 is 0 Å². The molecular formula is C46H29NS. The van der Waals surface area contributed by atoms with Gasteiger partial charge in [0.05, 0.1) is 0 Å². The van der Waals surface area contributed by atoms with E-state index in [4.69, 9.17) is 0 Å². The Kier molecular flexibility index (Phi) is 6.12. The molecule has 1 aromatic heterocycles. The fourth-order valence-corrected chi connectivity index (χ4v) is 8.73. The molecule has 0 fully saturated rings. The summed E-state index contributed by atoms with van der Waals surface area (Å²) in [5.41, 5.74) is 5.83. The van der Waals surface area contributed by atoms with Crippen molar-refractivity contribution < 1.29 is 0 Å². The Balaban J connectivity index is 1.19. The molecule has 0 aliphatic rings. The Morgan fingerprint density at radius 1 is 0.333 bits per heavy atom. The van der Waals surface area contributed by atoms with Crippen LogP contribution in [0.3, 0.4) is 0 Å². The summed E-state index contributed by atoms with van der Waals surface area (Å²) < 4.78 is 2.70. The zero-order chi connectivity index (χ0) is 31.6. The lowest BCUT2D eigenvalue weighted by Gasteiger charge is -2.26. The van der Waals surface area contributed by atoms with Crippen LogP contribution in [0.2, 0.25) is 0 Å². The van der Waals surface area contributed by atoms with Gasteiger partial charge in [-0.15, -0.1) is 11.3 Å². The molecule has 10 rings (SSSR count). The molecule has 0 spiro atoms. The molecule has 0 atom stereocenters. The standard InChI is InChI=1S/C46H29NS/c1-2-8-30(9-3-1)32-18-22-37(23-19-32)47(38-24-20-31-10-4-5-11-35(31)28-38)39-25-27-40-36(29-39)17-16-33-14-15-34-21-26-42-41-12-6-7-13-43(41)48-46(42)45(34)44(33)40/h1-29H. The van der Waals surface area contributed by atoms with Crippen LogP contribution in [0.1, 0.15) is 0 Å². The Morgan fingerprint density at radius 2 is 0.896 bits per heavy atom. The highest BCUT2D eigenvalue weighted by molar-refractivity contribution is 7.26. The molecule has 0 unspecified atom stereocenters. The van der Waals surface area contributed by atoms with Gasteiger partial charge in [0.25, 0.3) is 0 Å². The monoisotopic (exact) mass is 627 g/mol. The molecule has 10 aromatic rings. The average molecular weight is 628 g/mol. The predicted octanol–water partition coefficient (Wildman–Crippen LogP) is 13.8. The van der Waals surface area contributed by atoms with Crippen molar-refractivity contribution in [3.8, 4) is 11.1 Å². The lowest BCUT2D eigenvalue weighted by molar-refractivity contribution is 1.29. The summed E-state index contributed by atoms with van der Waals surface area (Å²) in [6, 6.07) is 64.4. The van der Waals surface area contributed by atoms with Gasteiger partial charge in [0.2, 0.25) is 0 Å². The maximum absolute atomic E-state index is 2.39. The van der Waals surface area contributed by atoms with E-state index < -0.39 is 0 Å². The van der Waals surface area contributed by atoms with Crippen molar-refractivity contribution >= 4 is 91.7 Å². The zero-order valence-corrected chi connectivity index (χ0v) is 26.9. The van der Waals surface area contributed by atoms with Crippen LogP contribution < -0.4 is 4.90 Å². The molecule has 0 aliphatic carbocycles. The average Bonchev–Trinajstić information content (AvgIpc) is 3.54. The van der Waals surface area contributed by atoms with Gasteiger partial charge in [0.15, 0.2) is 0 Å². The third-order valence-corrected chi connectivity index (χ3v) is 11.0. The quantitative estimate of drug-likeness (QED) is 0.176. The number of anilines is 3. The maximum Gasteiger partial charge on any atom is 0.0468 e. The van der Waals surface area contributed by atoms with Crippen LogP contribution in [0.4, 0.5) is 17.1 Å². The second kappa shape index (κ2) is 10.8. The van der Waals surface area contributed by atoms with Crippen LogP contribution in [0, 0.1) is 0 Å². The van der Waals surface area contributed by atoms with E-state index in [9.17, 15) is 0 Å². The van der Waals surface area contributed by atoms with Crippen molar-refractivity contribution in [2.45, 2.75) is 0 Å². The SMILES string of the molecule is c1ccc(-c2ccc(N(c3ccc4ccccc4c3)c3ccc4c(ccc5ccc6ccc7c8ccccc8sc7c6c54)c3)cc2)cc1. The van der Waals surface area contributed by atoms with Gasteiger partial charge in [-0.2, -0.15) is 0 Å². The van der Waals surface area contributed by atoms with Gasteiger partial charge < -0.3 is 4.90 Å². The Morgan fingerprint density at radius 3 is 1.73 bits per heavy atom. The first-order valence-corrected chi connectivity index (χ1v) is 17.2. The number of fused-ring (bicyclic) bond motifs is 10. The molecule has 0 N–H and O–H groups in total. The van der Waals surface area contributed by atoms with E-state index in [1.54, 1.807) is 0 Å². The molecule has 0 saturated heterocycles. The second-order valence-electron chi connectivity index (χ2n) is 12.6. The molecule has 0 saturated carbocycles. The number of benzene rings is 9. The van der Waals surface area contributed by atoms with Crippen molar-refractivity contribution in [2.24, 2.45) is 0 Å². The van der Waals surface area contributed by atoms with Gasteiger partial charge in [0, 0.05) is 42.6 Å².